The van der Waals surface area contributed by atoms with Crippen molar-refractivity contribution in [3.63, 3.8) is 0 Å². The molecule has 0 aliphatic carbocycles. The van der Waals surface area contributed by atoms with Gasteiger partial charge in [0.2, 0.25) is 5.91 Å². The first-order valence-corrected chi connectivity index (χ1v) is 9.09. The summed E-state index contributed by atoms with van der Waals surface area (Å²) in [4.78, 5) is 12.0. The second-order valence-electron chi connectivity index (χ2n) is 5.31. The summed E-state index contributed by atoms with van der Waals surface area (Å²) in [5, 5.41) is 2.68. The van der Waals surface area contributed by atoms with Crippen molar-refractivity contribution in [2.45, 2.75) is 23.8 Å². The lowest BCUT2D eigenvalue weighted by molar-refractivity contribution is -0.120. The number of carbonyl (C=O) groups excluding carboxylic acids is 1. The molecule has 1 heterocycles. The predicted octanol–water partition coefficient (Wildman–Crippen LogP) is 1.75. The van der Waals surface area contributed by atoms with E-state index in [4.69, 9.17) is 0 Å². The highest BCUT2D eigenvalue weighted by Gasteiger charge is 2.39. The Bertz CT molecular complexity index is 663. The molecule has 0 aromatic heterocycles. The number of thioether (sulfide) groups is 1. The predicted molar refractivity (Wildman–Crippen MR) is 76.9 cm³/mol. The van der Waals surface area contributed by atoms with Gasteiger partial charge in [0.1, 0.15) is 11.6 Å². The first-order valence-electron chi connectivity index (χ1n) is 6.28. The number of carbonyl (C=O) groups is 1. The molecule has 0 unspecified atom stereocenters. The Morgan fingerprint density at radius 2 is 2.14 bits per heavy atom. The van der Waals surface area contributed by atoms with Gasteiger partial charge in [0, 0.05) is 11.0 Å². The molecule has 1 atom stereocenters. The Balaban J connectivity index is 1.91. The lowest BCUT2D eigenvalue weighted by Crippen LogP contribution is -2.47. The van der Waals surface area contributed by atoms with Crippen molar-refractivity contribution < 1.29 is 22.0 Å². The lowest BCUT2D eigenvalue weighted by Gasteiger charge is -2.23. The molecule has 0 bridgehead atoms. The van der Waals surface area contributed by atoms with Gasteiger partial charge >= 0.3 is 0 Å². The summed E-state index contributed by atoms with van der Waals surface area (Å²) in [6.07, 6.45) is 0.372. The second-order valence-corrected chi connectivity index (χ2v) is 8.52. The highest BCUT2D eigenvalue weighted by Crippen LogP contribution is 2.25. The van der Waals surface area contributed by atoms with Crippen LogP contribution in [-0.4, -0.2) is 37.1 Å². The number of halogens is 2. The lowest BCUT2D eigenvalue weighted by atomic mass is 10.0. The minimum Gasteiger partial charge on any atom is -0.349 e. The average Bonchev–Trinajstić information content (AvgIpc) is 2.62. The van der Waals surface area contributed by atoms with Gasteiger partial charge < -0.3 is 5.32 Å². The number of hydrogen-bond donors (Lipinski definition) is 1. The summed E-state index contributed by atoms with van der Waals surface area (Å²) in [6, 6.07) is 3.14. The van der Waals surface area contributed by atoms with Gasteiger partial charge in [-0.2, -0.15) is 0 Å². The standard InChI is InChI=1S/C13H15F2NO3S2/c1-13(4-5-21(18,19)8-13)16-12(17)7-20-11-3-2-9(14)6-10(11)15/h2-3,6H,4-5,7-8H2,1H3,(H,16,17)/t13-/m1/s1. The Morgan fingerprint density at radius 1 is 1.43 bits per heavy atom. The molecule has 1 aliphatic heterocycles. The Kier molecular flexibility index (Phi) is 4.57. The minimum atomic E-state index is -3.10. The van der Waals surface area contributed by atoms with Crippen LogP contribution in [0.15, 0.2) is 23.1 Å². The van der Waals surface area contributed by atoms with Gasteiger partial charge in [-0.3, -0.25) is 4.79 Å². The van der Waals surface area contributed by atoms with E-state index in [2.05, 4.69) is 5.32 Å². The zero-order valence-corrected chi connectivity index (χ0v) is 13.0. The third-order valence-electron chi connectivity index (χ3n) is 3.20. The first-order chi connectivity index (χ1) is 9.69. The van der Waals surface area contributed by atoms with Crippen molar-refractivity contribution in [3.8, 4) is 0 Å². The fourth-order valence-corrected chi connectivity index (χ4v) is 5.03. The summed E-state index contributed by atoms with van der Waals surface area (Å²) in [7, 11) is -3.10. The van der Waals surface area contributed by atoms with Crippen molar-refractivity contribution >= 4 is 27.5 Å². The SMILES string of the molecule is C[C@@]1(NC(=O)CSc2ccc(F)cc2F)CCS(=O)(=O)C1. The fraction of sp³-hybridized carbons (Fsp3) is 0.462. The monoisotopic (exact) mass is 335 g/mol. The van der Waals surface area contributed by atoms with Crippen molar-refractivity contribution in [2.75, 3.05) is 17.3 Å². The van der Waals surface area contributed by atoms with E-state index in [0.717, 1.165) is 23.9 Å². The maximum atomic E-state index is 13.4. The molecular formula is C13H15F2NO3S2. The number of sulfone groups is 1. The Hall–Kier alpha value is -1.15. The smallest absolute Gasteiger partial charge is 0.230 e. The van der Waals surface area contributed by atoms with Crippen LogP contribution in [0.4, 0.5) is 8.78 Å². The molecule has 0 spiro atoms. The van der Waals surface area contributed by atoms with Crippen molar-refractivity contribution in [1.29, 1.82) is 0 Å². The van der Waals surface area contributed by atoms with Crippen LogP contribution in [0, 0.1) is 11.6 Å². The normalized spacial score (nSPS) is 24.0. The van der Waals surface area contributed by atoms with E-state index >= 15 is 0 Å². The topological polar surface area (TPSA) is 63.2 Å². The molecule has 21 heavy (non-hydrogen) atoms. The molecule has 1 aromatic rings. The molecule has 8 heteroatoms. The number of benzene rings is 1. The van der Waals surface area contributed by atoms with Crippen LogP contribution in [0.1, 0.15) is 13.3 Å². The first kappa shape index (κ1) is 16.2. The molecule has 1 aliphatic rings. The molecule has 0 saturated carbocycles. The van der Waals surface area contributed by atoms with E-state index in [1.807, 2.05) is 0 Å². The summed E-state index contributed by atoms with van der Waals surface area (Å²) >= 11 is 0.943. The minimum absolute atomic E-state index is 0.0574. The van der Waals surface area contributed by atoms with Gasteiger partial charge in [0.15, 0.2) is 9.84 Å². The molecule has 1 N–H and O–H groups in total. The maximum absolute atomic E-state index is 13.4. The highest BCUT2D eigenvalue weighted by molar-refractivity contribution is 8.00. The van der Waals surface area contributed by atoms with Crippen molar-refractivity contribution in [1.82, 2.24) is 5.32 Å². The largest absolute Gasteiger partial charge is 0.349 e. The molecule has 0 radical (unpaired) electrons. The molecule has 1 fully saturated rings. The molecule has 1 aromatic carbocycles. The molecular weight excluding hydrogens is 320 g/mol. The van der Waals surface area contributed by atoms with Crippen LogP contribution in [0.25, 0.3) is 0 Å². The zero-order chi connectivity index (χ0) is 15.7. The third-order valence-corrected chi connectivity index (χ3v) is 6.15. The third kappa shape index (κ3) is 4.41. The van der Waals surface area contributed by atoms with Crippen LogP contribution in [-0.2, 0) is 14.6 Å². The number of hydrogen-bond acceptors (Lipinski definition) is 4. The highest BCUT2D eigenvalue weighted by atomic mass is 32.2. The van der Waals surface area contributed by atoms with Crippen LogP contribution in [0.2, 0.25) is 0 Å². The Morgan fingerprint density at radius 3 is 2.71 bits per heavy atom. The molecule has 2 rings (SSSR count). The molecule has 1 saturated heterocycles. The van der Waals surface area contributed by atoms with E-state index < -0.39 is 27.0 Å². The second kappa shape index (κ2) is 5.92. The van der Waals surface area contributed by atoms with E-state index in [1.54, 1.807) is 6.92 Å². The molecule has 4 nitrogen and oxygen atoms in total. The number of amides is 1. The van der Waals surface area contributed by atoms with Crippen LogP contribution in [0.3, 0.4) is 0 Å². The number of nitrogens with one attached hydrogen (secondary N) is 1. The van der Waals surface area contributed by atoms with Crippen LogP contribution in [0.5, 0.6) is 0 Å². The Labute approximate surface area is 126 Å². The van der Waals surface area contributed by atoms with Crippen LogP contribution < -0.4 is 5.32 Å². The summed E-state index contributed by atoms with van der Waals surface area (Å²) in [5.41, 5.74) is -0.766. The number of rotatable bonds is 4. The van der Waals surface area contributed by atoms with E-state index in [-0.39, 0.29) is 28.1 Å². The fourth-order valence-electron chi connectivity index (χ4n) is 2.22. The van der Waals surface area contributed by atoms with Gasteiger partial charge in [0.05, 0.1) is 22.8 Å². The zero-order valence-electron chi connectivity index (χ0n) is 11.4. The quantitative estimate of drug-likeness (QED) is 0.852. The van der Waals surface area contributed by atoms with Gasteiger partial charge in [-0.1, -0.05) is 0 Å². The summed E-state index contributed by atoms with van der Waals surface area (Å²) in [5.74, 6) is -1.85. The molecule has 116 valence electrons. The van der Waals surface area contributed by atoms with E-state index in [1.165, 1.54) is 6.07 Å². The van der Waals surface area contributed by atoms with Gasteiger partial charge in [-0.15, -0.1) is 11.8 Å². The van der Waals surface area contributed by atoms with Crippen molar-refractivity contribution in [3.05, 3.63) is 29.8 Å². The van der Waals surface area contributed by atoms with Gasteiger partial charge in [-0.25, -0.2) is 17.2 Å². The summed E-state index contributed by atoms with van der Waals surface area (Å²) < 4.78 is 49.0. The van der Waals surface area contributed by atoms with Crippen LogP contribution >= 0.6 is 11.8 Å². The summed E-state index contributed by atoms with van der Waals surface area (Å²) in [6.45, 7) is 1.68. The van der Waals surface area contributed by atoms with Gasteiger partial charge in [0.25, 0.3) is 0 Å². The van der Waals surface area contributed by atoms with Crippen molar-refractivity contribution in [2.24, 2.45) is 0 Å². The van der Waals surface area contributed by atoms with E-state index in [0.29, 0.717) is 6.42 Å². The van der Waals surface area contributed by atoms with Gasteiger partial charge in [-0.05, 0) is 25.5 Å². The van der Waals surface area contributed by atoms with E-state index in [9.17, 15) is 22.0 Å². The molecule has 1 amide bonds. The average molecular weight is 335 g/mol. The maximum Gasteiger partial charge on any atom is 0.230 e.